The van der Waals surface area contributed by atoms with Crippen LogP contribution < -0.4 is 4.74 Å². The van der Waals surface area contributed by atoms with Gasteiger partial charge in [0.2, 0.25) is 0 Å². The first-order chi connectivity index (χ1) is 14.0. The largest absolute Gasteiger partial charge is 0.497 e. The third kappa shape index (κ3) is 3.80. The Bertz CT molecular complexity index is 1180. The molecule has 2 aromatic heterocycles. The molecule has 0 fully saturated rings. The summed E-state index contributed by atoms with van der Waals surface area (Å²) in [6.07, 6.45) is 2.37. The van der Waals surface area contributed by atoms with Crippen LogP contribution in [0.15, 0.2) is 67.0 Å². The van der Waals surface area contributed by atoms with Crippen LogP contribution >= 0.6 is 0 Å². The Labute approximate surface area is 164 Å². The van der Waals surface area contributed by atoms with Gasteiger partial charge in [-0.3, -0.25) is 4.98 Å². The van der Waals surface area contributed by atoms with Gasteiger partial charge in [0, 0.05) is 22.8 Å². The van der Waals surface area contributed by atoms with E-state index in [1.54, 1.807) is 19.2 Å². The molecule has 0 saturated carbocycles. The van der Waals surface area contributed by atoms with Crippen LogP contribution in [-0.4, -0.2) is 22.3 Å². The van der Waals surface area contributed by atoms with E-state index in [9.17, 15) is 13.2 Å². The average Bonchev–Trinajstić information content (AvgIpc) is 2.75. The minimum Gasteiger partial charge on any atom is -0.497 e. The van der Waals surface area contributed by atoms with Crippen molar-refractivity contribution < 1.29 is 17.9 Å². The minimum absolute atomic E-state index is 0.0668. The molecule has 0 aliphatic rings. The summed E-state index contributed by atoms with van der Waals surface area (Å²) < 4.78 is 46.7. The van der Waals surface area contributed by atoms with Gasteiger partial charge in [-0.05, 0) is 48.0 Å². The monoisotopic (exact) mass is 393 g/mol. The summed E-state index contributed by atoms with van der Waals surface area (Å²) in [6, 6.07) is 14.0. The van der Waals surface area contributed by atoms with Gasteiger partial charge >= 0.3 is 0 Å². The standard InChI is InChI=1S/C22H14F3N3O/c1-29-17-5-2-13(3-6-17)21-9-15(11-27-28-21)14-4-7-19(24)18(8-14)22-20(25)10-16(23)12-26-22/h2-12H,1H3. The van der Waals surface area contributed by atoms with Gasteiger partial charge in [0.15, 0.2) is 5.82 Å². The molecule has 0 N–H and O–H groups in total. The van der Waals surface area contributed by atoms with E-state index in [4.69, 9.17) is 4.74 Å². The summed E-state index contributed by atoms with van der Waals surface area (Å²) in [5.41, 5.74) is 2.37. The molecule has 0 amide bonds. The van der Waals surface area contributed by atoms with Crippen LogP contribution in [0.4, 0.5) is 13.2 Å². The van der Waals surface area contributed by atoms with Crippen LogP contribution in [0, 0.1) is 17.5 Å². The van der Waals surface area contributed by atoms with Crippen LogP contribution in [0.25, 0.3) is 33.6 Å². The molecular weight excluding hydrogens is 379 g/mol. The second-order valence-corrected chi connectivity index (χ2v) is 6.24. The van der Waals surface area contributed by atoms with Gasteiger partial charge in [-0.1, -0.05) is 6.07 Å². The molecule has 7 heteroatoms. The quantitative estimate of drug-likeness (QED) is 0.472. The second-order valence-electron chi connectivity index (χ2n) is 6.24. The van der Waals surface area contributed by atoms with E-state index < -0.39 is 17.5 Å². The fraction of sp³-hybridized carbons (Fsp3) is 0.0455. The summed E-state index contributed by atoms with van der Waals surface area (Å²) in [7, 11) is 1.58. The highest BCUT2D eigenvalue weighted by molar-refractivity contribution is 5.74. The van der Waals surface area contributed by atoms with E-state index in [0.29, 0.717) is 22.9 Å². The van der Waals surface area contributed by atoms with Crippen molar-refractivity contribution >= 4 is 0 Å². The predicted octanol–water partition coefficient (Wildman–Crippen LogP) is 5.30. The van der Waals surface area contributed by atoms with Crippen molar-refractivity contribution in [1.29, 1.82) is 0 Å². The van der Waals surface area contributed by atoms with Gasteiger partial charge < -0.3 is 4.74 Å². The maximum Gasteiger partial charge on any atom is 0.152 e. The molecule has 4 rings (SSSR count). The highest BCUT2D eigenvalue weighted by Gasteiger charge is 2.15. The van der Waals surface area contributed by atoms with Crippen molar-refractivity contribution in [2.24, 2.45) is 0 Å². The Hall–Kier alpha value is -3.74. The van der Waals surface area contributed by atoms with Crippen LogP contribution in [0.1, 0.15) is 0 Å². The van der Waals surface area contributed by atoms with Crippen LogP contribution in [0.3, 0.4) is 0 Å². The summed E-state index contributed by atoms with van der Waals surface area (Å²) in [4.78, 5) is 3.70. The number of nitrogens with zero attached hydrogens (tertiary/aromatic N) is 3. The van der Waals surface area contributed by atoms with Crippen molar-refractivity contribution in [3.8, 4) is 39.4 Å². The third-order valence-corrected chi connectivity index (χ3v) is 4.40. The van der Waals surface area contributed by atoms with Crippen LogP contribution in [0.5, 0.6) is 5.75 Å². The van der Waals surface area contributed by atoms with Gasteiger partial charge in [-0.25, -0.2) is 13.2 Å². The molecule has 4 aromatic rings. The van der Waals surface area contributed by atoms with Crippen LogP contribution in [-0.2, 0) is 0 Å². The first kappa shape index (κ1) is 18.6. The highest BCUT2D eigenvalue weighted by atomic mass is 19.1. The lowest BCUT2D eigenvalue weighted by molar-refractivity contribution is 0.415. The number of benzene rings is 2. The average molecular weight is 393 g/mol. The van der Waals surface area contributed by atoms with Gasteiger partial charge in [-0.15, -0.1) is 0 Å². The summed E-state index contributed by atoms with van der Waals surface area (Å²) in [6.45, 7) is 0. The molecule has 0 aliphatic heterocycles. The molecular formula is C22H14F3N3O. The van der Waals surface area contributed by atoms with E-state index in [-0.39, 0.29) is 11.3 Å². The fourth-order valence-corrected chi connectivity index (χ4v) is 2.93. The van der Waals surface area contributed by atoms with Crippen molar-refractivity contribution in [2.75, 3.05) is 7.11 Å². The third-order valence-electron chi connectivity index (χ3n) is 4.40. The fourth-order valence-electron chi connectivity index (χ4n) is 2.93. The van der Waals surface area contributed by atoms with E-state index in [0.717, 1.165) is 17.5 Å². The molecule has 4 nitrogen and oxygen atoms in total. The lowest BCUT2D eigenvalue weighted by atomic mass is 10.0. The molecule has 0 aliphatic carbocycles. The normalized spacial score (nSPS) is 10.8. The number of hydrogen-bond acceptors (Lipinski definition) is 4. The van der Waals surface area contributed by atoms with Gasteiger partial charge in [0.1, 0.15) is 23.1 Å². The molecule has 144 valence electrons. The van der Waals surface area contributed by atoms with Crippen molar-refractivity contribution in [2.45, 2.75) is 0 Å². The van der Waals surface area contributed by atoms with Gasteiger partial charge in [-0.2, -0.15) is 10.2 Å². The molecule has 29 heavy (non-hydrogen) atoms. The Morgan fingerprint density at radius 2 is 1.52 bits per heavy atom. The lowest BCUT2D eigenvalue weighted by Crippen LogP contribution is -1.95. The highest BCUT2D eigenvalue weighted by Crippen LogP contribution is 2.30. The summed E-state index contributed by atoms with van der Waals surface area (Å²) in [5.74, 6) is -1.71. The zero-order valence-electron chi connectivity index (χ0n) is 15.2. The first-order valence-corrected chi connectivity index (χ1v) is 8.63. The maximum atomic E-state index is 14.3. The Balaban J connectivity index is 1.75. The van der Waals surface area contributed by atoms with Crippen LogP contribution in [0.2, 0.25) is 0 Å². The van der Waals surface area contributed by atoms with Gasteiger partial charge in [0.25, 0.3) is 0 Å². The molecule has 2 heterocycles. The molecule has 0 atom stereocenters. The van der Waals surface area contributed by atoms with Crippen molar-refractivity contribution in [3.63, 3.8) is 0 Å². The maximum absolute atomic E-state index is 14.3. The van der Waals surface area contributed by atoms with E-state index >= 15 is 0 Å². The Morgan fingerprint density at radius 3 is 2.24 bits per heavy atom. The first-order valence-electron chi connectivity index (χ1n) is 8.63. The molecule has 2 aromatic carbocycles. The number of methoxy groups -OCH3 is 1. The Kier molecular flexibility index (Phi) is 4.95. The molecule has 0 bridgehead atoms. The van der Waals surface area contributed by atoms with E-state index in [2.05, 4.69) is 15.2 Å². The zero-order valence-corrected chi connectivity index (χ0v) is 15.2. The smallest absolute Gasteiger partial charge is 0.152 e. The van der Waals surface area contributed by atoms with E-state index in [1.807, 2.05) is 24.3 Å². The topological polar surface area (TPSA) is 47.9 Å². The molecule has 0 unspecified atom stereocenters. The SMILES string of the molecule is COc1ccc(-c2cc(-c3ccc(F)c(-c4ncc(F)cc4F)c3)cnn2)cc1. The number of hydrogen-bond donors (Lipinski definition) is 0. The van der Waals surface area contributed by atoms with E-state index in [1.165, 1.54) is 18.3 Å². The minimum atomic E-state index is -0.937. The van der Waals surface area contributed by atoms with Crippen molar-refractivity contribution in [1.82, 2.24) is 15.2 Å². The van der Waals surface area contributed by atoms with Crippen molar-refractivity contribution in [3.05, 3.63) is 84.4 Å². The number of halogens is 3. The zero-order chi connectivity index (χ0) is 20.4. The number of aromatic nitrogens is 3. The second kappa shape index (κ2) is 7.71. The number of ether oxygens (including phenoxy) is 1. The molecule has 0 radical (unpaired) electrons. The van der Waals surface area contributed by atoms with Gasteiger partial charge in [0.05, 0.1) is 25.2 Å². The number of rotatable bonds is 4. The summed E-state index contributed by atoms with van der Waals surface area (Å²) in [5, 5.41) is 8.15. The lowest BCUT2D eigenvalue weighted by Gasteiger charge is -2.09. The molecule has 0 spiro atoms. The predicted molar refractivity (Wildman–Crippen MR) is 103 cm³/mol. The Morgan fingerprint density at radius 1 is 0.759 bits per heavy atom. The summed E-state index contributed by atoms with van der Waals surface area (Å²) >= 11 is 0. The molecule has 0 saturated heterocycles. The number of pyridine rings is 1.